The summed E-state index contributed by atoms with van der Waals surface area (Å²) in [6, 6.07) is 0. The van der Waals surface area contributed by atoms with Crippen molar-refractivity contribution in [3.8, 4) is 0 Å². The Morgan fingerprint density at radius 2 is 1.86 bits per heavy atom. The van der Waals surface area contributed by atoms with E-state index in [1.54, 1.807) is 0 Å². The van der Waals surface area contributed by atoms with E-state index in [2.05, 4.69) is 11.8 Å². The van der Waals surface area contributed by atoms with Crippen LogP contribution in [0.5, 0.6) is 0 Å². The van der Waals surface area contributed by atoms with Crippen LogP contribution >= 0.6 is 0 Å². The van der Waals surface area contributed by atoms with Gasteiger partial charge in [0.15, 0.2) is 0 Å². The normalized spacial score (nSPS) is 19.1. The number of rotatable bonds is 3. The van der Waals surface area contributed by atoms with E-state index in [4.69, 9.17) is 5.73 Å². The van der Waals surface area contributed by atoms with Crippen molar-refractivity contribution >= 4 is 5.91 Å². The molecule has 0 aromatic carbocycles. The third kappa shape index (κ3) is 2.50. The minimum absolute atomic E-state index is 0.285. The minimum Gasteiger partial charge on any atom is -0.374 e. The van der Waals surface area contributed by atoms with Gasteiger partial charge in [0.05, 0.1) is 0 Å². The molecule has 0 aromatic heterocycles. The van der Waals surface area contributed by atoms with E-state index in [0.717, 1.165) is 30.8 Å². The van der Waals surface area contributed by atoms with Crippen molar-refractivity contribution in [2.45, 2.75) is 39.5 Å². The number of nitrogens with zero attached hydrogens (tertiary/aromatic N) is 1. The van der Waals surface area contributed by atoms with E-state index in [1.807, 2.05) is 6.92 Å². The molecule has 3 heteroatoms. The molecule has 0 aliphatic carbocycles. The summed E-state index contributed by atoms with van der Waals surface area (Å²) in [6.45, 7) is 6.06. The molecule has 1 amide bonds. The van der Waals surface area contributed by atoms with Gasteiger partial charge in [-0.25, -0.2) is 0 Å². The average Bonchev–Trinajstić information content (AvgIpc) is 2.20. The van der Waals surface area contributed by atoms with Gasteiger partial charge in [-0.1, -0.05) is 6.92 Å². The van der Waals surface area contributed by atoms with Crippen molar-refractivity contribution in [1.82, 2.24) is 4.90 Å². The lowest BCUT2D eigenvalue weighted by atomic mass is 10.1. The molecule has 14 heavy (non-hydrogen) atoms. The number of piperidine rings is 1. The Labute approximate surface area is 86.0 Å². The first-order valence-electron chi connectivity index (χ1n) is 5.41. The Kier molecular flexibility index (Phi) is 3.98. The van der Waals surface area contributed by atoms with Crippen LogP contribution < -0.4 is 5.73 Å². The molecule has 1 heterocycles. The highest BCUT2D eigenvalue weighted by molar-refractivity contribution is 5.91. The summed E-state index contributed by atoms with van der Waals surface area (Å²) in [7, 11) is 0. The molecule has 0 saturated carbocycles. The van der Waals surface area contributed by atoms with Gasteiger partial charge in [0.1, 0.15) is 0 Å². The Bertz CT molecular complexity index is 240. The Morgan fingerprint density at radius 3 is 2.29 bits per heavy atom. The van der Waals surface area contributed by atoms with Gasteiger partial charge in [0.25, 0.3) is 0 Å². The van der Waals surface area contributed by atoms with Gasteiger partial charge in [-0.3, -0.25) is 4.79 Å². The maximum absolute atomic E-state index is 11.1. The number of likely N-dealkylation sites (tertiary alicyclic amines) is 1. The molecule has 2 N–H and O–H groups in total. The maximum Gasteiger partial charge on any atom is 0.246 e. The van der Waals surface area contributed by atoms with Crippen LogP contribution in [0.4, 0.5) is 0 Å². The van der Waals surface area contributed by atoms with Gasteiger partial charge in [0.2, 0.25) is 5.91 Å². The number of primary amides is 1. The van der Waals surface area contributed by atoms with Crippen LogP contribution in [0.3, 0.4) is 0 Å². The summed E-state index contributed by atoms with van der Waals surface area (Å²) < 4.78 is 0. The standard InChI is InChI=1S/C11H20N2O/c1-3-10(9(2)11(12)14)13-7-5-4-6-8-13/h3-8H2,1-2H3,(H2,12,14)/b10-9+. The summed E-state index contributed by atoms with van der Waals surface area (Å²) in [6.07, 6.45) is 4.67. The van der Waals surface area contributed by atoms with Crippen molar-refractivity contribution in [2.24, 2.45) is 5.73 Å². The van der Waals surface area contributed by atoms with Crippen LogP contribution in [0.15, 0.2) is 11.3 Å². The summed E-state index contributed by atoms with van der Waals surface area (Å²) in [5, 5.41) is 0. The minimum atomic E-state index is -0.285. The number of allylic oxidation sites excluding steroid dienone is 1. The van der Waals surface area contributed by atoms with E-state index < -0.39 is 0 Å². The van der Waals surface area contributed by atoms with Gasteiger partial charge in [-0.15, -0.1) is 0 Å². The van der Waals surface area contributed by atoms with Crippen molar-refractivity contribution in [2.75, 3.05) is 13.1 Å². The van der Waals surface area contributed by atoms with E-state index in [-0.39, 0.29) is 5.91 Å². The lowest BCUT2D eigenvalue weighted by molar-refractivity contribution is -0.114. The monoisotopic (exact) mass is 196 g/mol. The fourth-order valence-electron chi connectivity index (χ4n) is 2.03. The highest BCUT2D eigenvalue weighted by Crippen LogP contribution is 2.19. The molecular weight excluding hydrogens is 176 g/mol. The molecule has 0 spiro atoms. The lowest BCUT2D eigenvalue weighted by Gasteiger charge is -2.31. The van der Waals surface area contributed by atoms with E-state index in [0.29, 0.717) is 0 Å². The van der Waals surface area contributed by atoms with Crippen molar-refractivity contribution in [3.63, 3.8) is 0 Å². The third-order valence-electron chi connectivity index (χ3n) is 2.88. The van der Waals surface area contributed by atoms with Crippen LogP contribution in [0.2, 0.25) is 0 Å². The van der Waals surface area contributed by atoms with Gasteiger partial charge < -0.3 is 10.6 Å². The Balaban J connectivity index is 2.78. The van der Waals surface area contributed by atoms with Crippen molar-refractivity contribution in [1.29, 1.82) is 0 Å². The fraction of sp³-hybridized carbons (Fsp3) is 0.727. The van der Waals surface area contributed by atoms with Gasteiger partial charge >= 0.3 is 0 Å². The van der Waals surface area contributed by atoms with Crippen LogP contribution in [0.1, 0.15) is 39.5 Å². The van der Waals surface area contributed by atoms with Crippen molar-refractivity contribution < 1.29 is 4.79 Å². The molecule has 0 aromatic rings. The smallest absolute Gasteiger partial charge is 0.246 e. The van der Waals surface area contributed by atoms with E-state index in [9.17, 15) is 4.79 Å². The molecule has 1 saturated heterocycles. The topological polar surface area (TPSA) is 46.3 Å². The molecule has 0 radical (unpaired) electrons. The number of carbonyl (C=O) groups excluding carboxylic acids is 1. The molecule has 1 aliphatic rings. The SMILES string of the molecule is CC/C(=C(/C)C(N)=O)N1CCCCC1. The number of hydrogen-bond acceptors (Lipinski definition) is 2. The van der Waals surface area contributed by atoms with Crippen LogP contribution in [-0.4, -0.2) is 23.9 Å². The number of hydrogen-bond donors (Lipinski definition) is 1. The Hall–Kier alpha value is -0.990. The van der Waals surface area contributed by atoms with Crippen molar-refractivity contribution in [3.05, 3.63) is 11.3 Å². The largest absolute Gasteiger partial charge is 0.374 e. The van der Waals surface area contributed by atoms with E-state index in [1.165, 1.54) is 19.3 Å². The van der Waals surface area contributed by atoms with Gasteiger partial charge in [0, 0.05) is 24.4 Å². The third-order valence-corrected chi connectivity index (χ3v) is 2.88. The predicted octanol–water partition coefficient (Wildman–Crippen LogP) is 1.64. The van der Waals surface area contributed by atoms with E-state index >= 15 is 0 Å². The summed E-state index contributed by atoms with van der Waals surface area (Å²) in [5.74, 6) is -0.285. The second-order valence-corrected chi connectivity index (χ2v) is 3.84. The molecule has 0 unspecified atom stereocenters. The second kappa shape index (κ2) is 5.03. The second-order valence-electron chi connectivity index (χ2n) is 3.84. The van der Waals surface area contributed by atoms with Crippen LogP contribution in [0, 0.1) is 0 Å². The molecular formula is C11H20N2O. The quantitative estimate of drug-likeness (QED) is 0.697. The molecule has 0 bridgehead atoms. The van der Waals surface area contributed by atoms with Gasteiger partial charge in [-0.05, 0) is 32.6 Å². The number of nitrogens with two attached hydrogens (primary N) is 1. The summed E-state index contributed by atoms with van der Waals surface area (Å²) in [4.78, 5) is 13.4. The highest BCUT2D eigenvalue weighted by Gasteiger charge is 2.15. The molecule has 80 valence electrons. The van der Waals surface area contributed by atoms with Crippen LogP contribution in [0.25, 0.3) is 0 Å². The zero-order chi connectivity index (χ0) is 10.6. The number of amides is 1. The lowest BCUT2D eigenvalue weighted by Crippen LogP contribution is -2.31. The molecule has 1 aliphatic heterocycles. The van der Waals surface area contributed by atoms with Crippen LogP contribution in [-0.2, 0) is 4.79 Å². The zero-order valence-corrected chi connectivity index (χ0v) is 9.18. The average molecular weight is 196 g/mol. The molecule has 0 atom stereocenters. The first kappa shape index (κ1) is 11.1. The predicted molar refractivity (Wildman–Crippen MR) is 57.6 cm³/mol. The maximum atomic E-state index is 11.1. The summed E-state index contributed by atoms with van der Waals surface area (Å²) in [5.41, 5.74) is 7.16. The Morgan fingerprint density at radius 1 is 1.29 bits per heavy atom. The summed E-state index contributed by atoms with van der Waals surface area (Å²) >= 11 is 0. The molecule has 1 fully saturated rings. The molecule has 1 rings (SSSR count). The fourth-order valence-corrected chi connectivity index (χ4v) is 2.03. The molecule has 3 nitrogen and oxygen atoms in total. The first-order chi connectivity index (χ1) is 6.66. The first-order valence-corrected chi connectivity index (χ1v) is 5.41. The number of carbonyl (C=O) groups is 1. The van der Waals surface area contributed by atoms with Gasteiger partial charge in [-0.2, -0.15) is 0 Å². The zero-order valence-electron chi connectivity index (χ0n) is 9.18. The highest BCUT2D eigenvalue weighted by atomic mass is 16.1.